The van der Waals surface area contributed by atoms with E-state index in [9.17, 15) is 21.0 Å². The van der Waals surface area contributed by atoms with E-state index in [0.29, 0.717) is 22.3 Å². The molecule has 72 heavy (non-hydrogen) atoms. The summed E-state index contributed by atoms with van der Waals surface area (Å²) in [5.74, 6) is 0. The van der Waals surface area contributed by atoms with Crippen LogP contribution in [0.1, 0.15) is 22.3 Å². The second-order valence-corrected chi connectivity index (χ2v) is 17.8. The first kappa shape index (κ1) is 41.5. The molecule has 0 unspecified atom stereocenters. The third kappa shape index (κ3) is 6.57. The topological polar surface area (TPSA) is 131 Å². The molecule has 330 valence electrons. The zero-order chi connectivity index (χ0) is 48.5. The van der Waals surface area contributed by atoms with Crippen molar-refractivity contribution in [2.75, 3.05) is 0 Å². The van der Waals surface area contributed by atoms with Crippen LogP contribution in [0.15, 0.2) is 207 Å². The second kappa shape index (κ2) is 16.6. The summed E-state index contributed by atoms with van der Waals surface area (Å²) in [6.07, 6.45) is 3.63. The van der Waals surface area contributed by atoms with Crippen LogP contribution in [0.2, 0.25) is 0 Å². The number of fused-ring (bicyclic) bond motifs is 8. The summed E-state index contributed by atoms with van der Waals surface area (Å²) in [6.45, 7) is 0. The van der Waals surface area contributed by atoms with Crippen LogP contribution in [-0.4, -0.2) is 19.1 Å². The zero-order valence-electron chi connectivity index (χ0n) is 38.2. The Morgan fingerprint density at radius 3 is 0.986 bits per heavy atom. The monoisotopic (exact) mass is 914 g/mol. The Bertz CT molecular complexity index is 4170. The van der Waals surface area contributed by atoms with E-state index in [2.05, 4.69) is 118 Å². The molecule has 0 amide bonds. The van der Waals surface area contributed by atoms with E-state index in [0.717, 1.165) is 121 Å². The Labute approximate surface area is 412 Å². The van der Waals surface area contributed by atoms with Crippen LogP contribution >= 0.6 is 0 Å². The van der Waals surface area contributed by atoms with Crippen LogP contribution in [-0.2, 0) is 0 Å². The average molecular weight is 915 g/mol. The first-order chi connectivity index (χ1) is 35.5. The Morgan fingerprint density at radius 2 is 0.653 bits per heavy atom. The van der Waals surface area contributed by atoms with Crippen LogP contribution in [0, 0.1) is 45.3 Å². The maximum atomic E-state index is 10.00. The van der Waals surface area contributed by atoms with Crippen molar-refractivity contribution in [3.63, 3.8) is 0 Å². The van der Waals surface area contributed by atoms with Crippen molar-refractivity contribution in [1.82, 2.24) is 19.1 Å². The first-order valence-corrected chi connectivity index (χ1v) is 23.3. The number of hydrogen-bond acceptors (Lipinski definition) is 6. The lowest BCUT2D eigenvalue weighted by molar-refractivity contribution is 1.18. The summed E-state index contributed by atoms with van der Waals surface area (Å²) >= 11 is 0. The van der Waals surface area contributed by atoms with Crippen LogP contribution in [0.25, 0.3) is 121 Å². The van der Waals surface area contributed by atoms with Gasteiger partial charge in [0.15, 0.2) is 0 Å². The number of benzene rings is 9. The van der Waals surface area contributed by atoms with Crippen molar-refractivity contribution in [2.24, 2.45) is 0 Å². The highest BCUT2D eigenvalue weighted by atomic mass is 15.0. The fraction of sp³-hybridized carbons (Fsp3) is 0. The fourth-order valence-electron chi connectivity index (χ4n) is 10.7. The van der Waals surface area contributed by atoms with Gasteiger partial charge < -0.3 is 9.13 Å². The summed E-state index contributed by atoms with van der Waals surface area (Å²) < 4.78 is 4.46. The van der Waals surface area contributed by atoms with E-state index in [1.165, 1.54) is 0 Å². The van der Waals surface area contributed by atoms with E-state index in [-0.39, 0.29) is 0 Å². The molecule has 8 heteroatoms. The van der Waals surface area contributed by atoms with Gasteiger partial charge in [0, 0.05) is 56.4 Å². The van der Waals surface area contributed by atoms with E-state index >= 15 is 0 Å². The lowest BCUT2D eigenvalue weighted by Gasteiger charge is -2.21. The largest absolute Gasteiger partial charge is 0.309 e. The molecule has 0 aliphatic heterocycles. The predicted molar refractivity (Wildman–Crippen MR) is 286 cm³/mol. The third-order valence-corrected chi connectivity index (χ3v) is 13.9. The highest BCUT2D eigenvalue weighted by molar-refractivity contribution is 6.23. The van der Waals surface area contributed by atoms with Gasteiger partial charge >= 0.3 is 0 Å². The van der Waals surface area contributed by atoms with E-state index in [1.807, 2.05) is 122 Å². The predicted octanol–water partition coefficient (Wildman–Crippen LogP) is 15.1. The number of nitriles is 4. The molecule has 0 bridgehead atoms. The van der Waals surface area contributed by atoms with E-state index in [4.69, 9.17) is 9.97 Å². The lowest BCUT2D eigenvalue weighted by Crippen LogP contribution is -1.98. The molecular formula is C64H34N8. The fourth-order valence-corrected chi connectivity index (χ4v) is 10.7. The maximum Gasteiger partial charge on any atom is 0.0991 e. The Kier molecular flexibility index (Phi) is 9.55. The van der Waals surface area contributed by atoms with Gasteiger partial charge in [0.05, 0.1) is 80.0 Å². The van der Waals surface area contributed by atoms with Crippen LogP contribution in [0.4, 0.5) is 0 Å². The molecule has 0 atom stereocenters. The Balaban J connectivity index is 1.17. The SMILES string of the molecule is N#Cc1ccc2c(c1)c1cc(C#N)ccc1n2-c1ccc2c(-c3cccc(-c4ccccn4)c3)c3cc(-n4c5ccc(C#N)cc5c5cc(C#N)ccc54)ccc3c(-c3cccc(-c4ccccn4)c3)c2c1. The molecule has 0 fully saturated rings. The summed E-state index contributed by atoms with van der Waals surface area (Å²) in [4.78, 5) is 9.50. The van der Waals surface area contributed by atoms with Crippen LogP contribution in [0.3, 0.4) is 0 Å². The molecule has 13 aromatic rings. The molecule has 4 heterocycles. The Morgan fingerprint density at radius 1 is 0.292 bits per heavy atom. The lowest BCUT2D eigenvalue weighted by atomic mass is 9.84. The number of rotatable bonds is 6. The minimum Gasteiger partial charge on any atom is -0.309 e. The maximum absolute atomic E-state index is 10.00. The number of pyridine rings is 2. The molecular weight excluding hydrogens is 881 g/mol. The summed E-state index contributed by atoms with van der Waals surface area (Å²) in [7, 11) is 0. The van der Waals surface area contributed by atoms with Gasteiger partial charge in [0.1, 0.15) is 0 Å². The third-order valence-electron chi connectivity index (χ3n) is 13.9. The standard InChI is InChI=1S/C64H34N8/c65-35-39-13-21-59-51(27-39)52-28-40(36-66)14-22-60(52)71(59)47-18-20-50-55(33-47)63(45-9-5-7-43(31-45)57-11-1-3-25-69-57)49-19-17-48(34-56(49)64(50)46-10-6-8-44(32-46)58-12-2-4-26-70-58)72-61-23-15-41(37-67)29-53(61)54-30-42(38-68)16-24-62(54)72/h1-34H. The summed E-state index contributed by atoms with van der Waals surface area (Å²) in [5, 5.41) is 47.6. The van der Waals surface area contributed by atoms with Crippen LogP contribution < -0.4 is 0 Å². The minimum absolute atomic E-state index is 0.542. The molecule has 0 N–H and O–H groups in total. The molecule has 0 aliphatic rings. The molecule has 8 nitrogen and oxygen atoms in total. The molecule has 0 aliphatic carbocycles. The van der Waals surface area contributed by atoms with E-state index in [1.54, 1.807) is 0 Å². The normalized spacial score (nSPS) is 11.3. The summed E-state index contributed by atoms with van der Waals surface area (Å²) in [6, 6.07) is 74.6. The highest BCUT2D eigenvalue weighted by Gasteiger charge is 2.23. The molecule has 13 rings (SSSR count). The van der Waals surface area contributed by atoms with Gasteiger partial charge in [-0.15, -0.1) is 0 Å². The molecule has 0 radical (unpaired) electrons. The van der Waals surface area contributed by atoms with Gasteiger partial charge in [-0.2, -0.15) is 21.0 Å². The zero-order valence-corrected chi connectivity index (χ0v) is 38.2. The van der Waals surface area contributed by atoms with Gasteiger partial charge in [-0.3, -0.25) is 9.97 Å². The van der Waals surface area contributed by atoms with Crippen molar-refractivity contribution >= 4 is 65.2 Å². The molecule has 0 saturated carbocycles. The minimum atomic E-state index is 0.542. The molecule has 4 aromatic heterocycles. The van der Waals surface area contributed by atoms with Crippen molar-refractivity contribution in [1.29, 1.82) is 21.0 Å². The van der Waals surface area contributed by atoms with Crippen molar-refractivity contribution in [3.05, 3.63) is 229 Å². The number of hydrogen-bond donors (Lipinski definition) is 0. The number of nitrogens with zero attached hydrogens (tertiary/aromatic N) is 8. The average Bonchev–Trinajstić information content (AvgIpc) is 3.95. The van der Waals surface area contributed by atoms with Crippen molar-refractivity contribution < 1.29 is 0 Å². The van der Waals surface area contributed by atoms with E-state index < -0.39 is 0 Å². The molecule has 0 saturated heterocycles. The van der Waals surface area contributed by atoms with Gasteiger partial charge in [0.2, 0.25) is 0 Å². The summed E-state index contributed by atoms with van der Waals surface area (Å²) in [5.41, 5.74) is 15.5. The van der Waals surface area contributed by atoms with Gasteiger partial charge in [-0.25, -0.2) is 0 Å². The van der Waals surface area contributed by atoms with Crippen molar-refractivity contribution in [2.45, 2.75) is 0 Å². The second-order valence-electron chi connectivity index (χ2n) is 17.8. The molecule has 9 aromatic carbocycles. The van der Waals surface area contributed by atoms with Gasteiger partial charge in [-0.05, 0) is 177 Å². The van der Waals surface area contributed by atoms with Crippen LogP contribution in [0.5, 0.6) is 0 Å². The first-order valence-electron chi connectivity index (χ1n) is 23.3. The quantitative estimate of drug-likeness (QED) is 0.153. The Hall–Kier alpha value is -10.6. The van der Waals surface area contributed by atoms with Gasteiger partial charge in [-0.1, -0.05) is 60.7 Å². The van der Waals surface area contributed by atoms with Gasteiger partial charge in [0.25, 0.3) is 0 Å². The highest BCUT2D eigenvalue weighted by Crippen LogP contribution is 2.47. The van der Waals surface area contributed by atoms with Crippen molar-refractivity contribution in [3.8, 4) is 80.4 Å². The number of aromatic nitrogens is 4. The smallest absolute Gasteiger partial charge is 0.0991 e. The molecule has 0 spiro atoms.